The quantitative estimate of drug-likeness (QED) is 0.614. The van der Waals surface area contributed by atoms with Gasteiger partial charge in [-0.1, -0.05) is 48.5 Å². The normalized spacial score (nSPS) is 10.4. The van der Waals surface area contributed by atoms with Crippen molar-refractivity contribution in [1.82, 2.24) is 4.57 Å². The molecule has 1 heteroatoms. The topological polar surface area (TPSA) is 4.93 Å². The van der Waals surface area contributed by atoms with Crippen molar-refractivity contribution in [1.29, 1.82) is 0 Å². The lowest BCUT2D eigenvalue weighted by Crippen LogP contribution is -1.88. The highest BCUT2D eigenvalue weighted by molar-refractivity contribution is 5.62. The summed E-state index contributed by atoms with van der Waals surface area (Å²) in [5.41, 5.74) is 3.45. The van der Waals surface area contributed by atoms with Crippen LogP contribution in [0.4, 0.5) is 0 Å². The second-order valence-electron chi connectivity index (χ2n) is 3.91. The average molecular weight is 218 g/mol. The number of nitrogens with zero attached hydrogens (tertiary/aromatic N) is 1. The second-order valence-corrected chi connectivity index (χ2v) is 3.91. The molecule has 0 N–H and O–H groups in total. The van der Waals surface area contributed by atoms with Gasteiger partial charge in [0.2, 0.25) is 0 Å². The van der Waals surface area contributed by atoms with Gasteiger partial charge in [-0.15, -0.1) is 0 Å². The first-order valence-electron chi connectivity index (χ1n) is 5.65. The minimum absolute atomic E-state index is 1.12. The standard InChI is InChI=1S/C16H12N/c1-3-7-14(8-4-1)15-11-12-17(13-15)16-9-5-2-6-10-16/h1-12H. The first-order valence-corrected chi connectivity index (χ1v) is 5.65. The molecule has 0 atom stereocenters. The summed E-state index contributed by atoms with van der Waals surface area (Å²) in [7, 11) is 0. The maximum absolute atomic E-state index is 3.36. The molecule has 0 aliphatic carbocycles. The van der Waals surface area contributed by atoms with E-state index in [0.717, 1.165) is 11.3 Å². The summed E-state index contributed by atoms with van der Waals surface area (Å²) in [6, 6.07) is 22.6. The Morgan fingerprint density at radius 3 is 2.06 bits per heavy atom. The van der Waals surface area contributed by atoms with Crippen molar-refractivity contribution in [3.63, 3.8) is 0 Å². The second kappa shape index (κ2) is 4.30. The van der Waals surface area contributed by atoms with E-state index in [1.807, 2.05) is 47.2 Å². The molecule has 2 aromatic carbocycles. The molecule has 1 radical (unpaired) electrons. The van der Waals surface area contributed by atoms with Gasteiger partial charge in [0, 0.05) is 17.4 Å². The van der Waals surface area contributed by atoms with Crippen LogP contribution >= 0.6 is 0 Å². The maximum atomic E-state index is 3.36. The van der Waals surface area contributed by atoms with E-state index < -0.39 is 0 Å². The summed E-state index contributed by atoms with van der Waals surface area (Å²) < 4.78 is 2.02. The fourth-order valence-electron chi connectivity index (χ4n) is 1.87. The SMILES string of the molecule is [c]1c(-c2ccccc2)ccn1-c1ccccc1. The Labute approximate surface area is 101 Å². The predicted octanol–water partition coefficient (Wildman–Crippen LogP) is 3.94. The molecule has 81 valence electrons. The van der Waals surface area contributed by atoms with Gasteiger partial charge in [-0.3, -0.25) is 0 Å². The maximum Gasteiger partial charge on any atom is 0.0783 e. The van der Waals surface area contributed by atoms with Crippen LogP contribution in [0.5, 0.6) is 0 Å². The Balaban J connectivity index is 1.99. The summed E-state index contributed by atoms with van der Waals surface area (Å²) in [6.45, 7) is 0. The fraction of sp³-hybridized carbons (Fsp3) is 0. The summed E-state index contributed by atoms with van der Waals surface area (Å²) in [5, 5.41) is 0. The van der Waals surface area contributed by atoms with Crippen LogP contribution in [0.15, 0.2) is 72.9 Å². The number of para-hydroxylation sites is 1. The van der Waals surface area contributed by atoms with E-state index in [9.17, 15) is 0 Å². The Hall–Kier alpha value is -2.28. The molecule has 0 unspecified atom stereocenters. The average Bonchev–Trinajstić information content (AvgIpc) is 2.90. The minimum atomic E-state index is 1.12. The first-order chi connectivity index (χ1) is 8.43. The number of aromatic nitrogens is 1. The number of rotatable bonds is 2. The fourth-order valence-corrected chi connectivity index (χ4v) is 1.87. The van der Waals surface area contributed by atoms with Gasteiger partial charge < -0.3 is 4.57 Å². The van der Waals surface area contributed by atoms with Crippen molar-refractivity contribution in [2.45, 2.75) is 0 Å². The molecule has 0 aliphatic rings. The van der Waals surface area contributed by atoms with Gasteiger partial charge in [0.1, 0.15) is 0 Å². The molecule has 17 heavy (non-hydrogen) atoms. The van der Waals surface area contributed by atoms with E-state index in [2.05, 4.69) is 36.5 Å². The monoisotopic (exact) mass is 218 g/mol. The van der Waals surface area contributed by atoms with Crippen LogP contribution < -0.4 is 0 Å². The lowest BCUT2D eigenvalue weighted by molar-refractivity contribution is 1.07. The molecule has 0 saturated heterocycles. The Bertz CT molecular complexity index is 540. The lowest BCUT2D eigenvalue weighted by atomic mass is 10.1. The van der Waals surface area contributed by atoms with E-state index in [4.69, 9.17) is 0 Å². The molecule has 0 amide bonds. The molecule has 1 aromatic heterocycles. The number of hydrogen-bond acceptors (Lipinski definition) is 0. The molecular weight excluding hydrogens is 206 g/mol. The molecule has 0 bridgehead atoms. The predicted molar refractivity (Wildman–Crippen MR) is 70.0 cm³/mol. The minimum Gasteiger partial charge on any atom is -0.315 e. The Morgan fingerprint density at radius 1 is 0.706 bits per heavy atom. The Morgan fingerprint density at radius 2 is 1.35 bits per heavy atom. The molecule has 0 aliphatic heterocycles. The molecule has 3 rings (SSSR count). The van der Waals surface area contributed by atoms with Crippen LogP contribution in [0.3, 0.4) is 0 Å². The zero-order valence-corrected chi connectivity index (χ0v) is 9.38. The van der Waals surface area contributed by atoms with Crippen LogP contribution in [0.1, 0.15) is 0 Å². The highest BCUT2D eigenvalue weighted by atomic mass is 14.9. The zero-order valence-electron chi connectivity index (χ0n) is 9.38. The Kier molecular flexibility index (Phi) is 2.51. The van der Waals surface area contributed by atoms with Gasteiger partial charge in [-0.25, -0.2) is 0 Å². The third-order valence-electron chi connectivity index (χ3n) is 2.75. The molecule has 1 heterocycles. The molecule has 0 fully saturated rings. The smallest absolute Gasteiger partial charge is 0.0783 e. The highest BCUT2D eigenvalue weighted by Crippen LogP contribution is 2.20. The van der Waals surface area contributed by atoms with E-state index in [0.29, 0.717) is 0 Å². The number of hydrogen-bond donors (Lipinski definition) is 0. The molecule has 0 spiro atoms. The van der Waals surface area contributed by atoms with E-state index >= 15 is 0 Å². The first kappa shape index (κ1) is 9.91. The van der Waals surface area contributed by atoms with Crippen LogP contribution in [0.25, 0.3) is 16.8 Å². The van der Waals surface area contributed by atoms with Crippen molar-refractivity contribution in [2.24, 2.45) is 0 Å². The zero-order chi connectivity index (χ0) is 11.5. The molecule has 3 aromatic rings. The van der Waals surface area contributed by atoms with Crippen molar-refractivity contribution >= 4 is 0 Å². The van der Waals surface area contributed by atoms with E-state index in [1.54, 1.807) is 0 Å². The van der Waals surface area contributed by atoms with Crippen LogP contribution in [-0.4, -0.2) is 4.57 Å². The van der Waals surface area contributed by atoms with Crippen molar-refractivity contribution in [2.75, 3.05) is 0 Å². The third-order valence-corrected chi connectivity index (χ3v) is 2.75. The summed E-state index contributed by atoms with van der Waals surface area (Å²) in [5.74, 6) is 0. The molecule has 1 nitrogen and oxygen atoms in total. The van der Waals surface area contributed by atoms with E-state index in [1.165, 1.54) is 5.56 Å². The lowest BCUT2D eigenvalue weighted by Gasteiger charge is -2.00. The number of benzene rings is 2. The van der Waals surface area contributed by atoms with Gasteiger partial charge in [0.15, 0.2) is 0 Å². The molecule has 0 saturated carbocycles. The highest BCUT2D eigenvalue weighted by Gasteiger charge is 2.01. The summed E-state index contributed by atoms with van der Waals surface area (Å²) >= 11 is 0. The summed E-state index contributed by atoms with van der Waals surface area (Å²) in [6.07, 6.45) is 5.40. The summed E-state index contributed by atoms with van der Waals surface area (Å²) in [4.78, 5) is 0. The van der Waals surface area contributed by atoms with Crippen molar-refractivity contribution in [3.8, 4) is 16.8 Å². The van der Waals surface area contributed by atoms with Crippen LogP contribution in [-0.2, 0) is 0 Å². The van der Waals surface area contributed by atoms with Crippen LogP contribution in [0.2, 0.25) is 0 Å². The van der Waals surface area contributed by atoms with Gasteiger partial charge in [0.05, 0.1) is 6.20 Å². The van der Waals surface area contributed by atoms with Gasteiger partial charge in [-0.2, -0.15) is 0 Å². The van der Waals surface area contributed by atoms with Crippen molar-refractivity contribution in [3.05, 3.63) is 79.1 Å². The van der Waals surface area contributed by atoms with Gasteiger partial charge >= 0.3 is 0 Å². The van der Waals surface area contributed by atoms with Crippen LogP contribution in [0, 0.1) is 6.20 Å². The van der Waals surface area contributed by atoms with Gasteiger partial charge in [0.25, 0.3) is 0 Å². The molecular formula is C16H12N. The van der Waals surface area contributed by atoms with E-state index in [-0.39, 0.29) is 0 Å². The largest absolute Gasteiger partial charge is 0.315 e. The van der Waals surface area contributed by atoms with Crippen molar-refractivity contribution < 1.29 is 0 Å². The third kappa shape index (κ3) is 2.00. The van der Waals surface area contributed by atoms with Gasteiger partial charge in [-0.05, 0) is 23.8 Å².